The van der Waals surface area contributed by atoms with E-state index >= 15 is 0 Å². The number of fused-ring (bicyclic) bond motifs is 1. The first-order valence-corrected chi connectivity index (χ1v) is 11.3. The van der Waals surface area contributed by atoms with Gasteiger partial charge in [0.2, 0.25) is 11.8 Å². The molecule has 1 aromatic carbocycles. The van der Waals surface area contributed by atoms with Crippen molar-refractivity contribution in [1.82, 2.24) is 20.4 Å². The molecule has 0 saturated carbocycles. The largest absolute Gasteiger partial charge is 0.369 e. The SMILES string of the molecule is CC1CN(Cc2cccc3c2CN(C2CCC(=O)NC2=O)C3=O)CC2(CCNCC2)O1. The molecule has 0 radical (unpaired) electrons. The Labute approximate surface area is 182 Å². The molecule has 0 aromatic heterocycles. The summed E-state index contributed by atoms with van der Waals surface area (Å²) in [6.45, 7) is 7.05. The first-order chi connectivity index (χ1) is 14.9. The van der Waals surface area contributed by atoms with Gasteiger partial charge in [-0.05, 0) is 56.5 Å². The highest BCUT2D eigenvalue weighted by atomic mass is 16.5. The van der Waals surface area contributed by atoms with E-state index in [0.29, 0.717) is 18.5 Å². The first-order valence-electron chi connectivity index (χ1n) is 11.3. The number of rotatable bonds is 3. The zero-order valence-electron chi connectivity index (χ0n) is 18.0. The van der Waals surface area contributed by atoms with Crippen molar-refractivity contribution in [2.45, 2.75) is 63.4 Å². The van der Waals surface area contributed by atoms with Crippen LogP contribution < -0.4 is 10.6 Å². The number of morpholine rings is 1. The maximum absolute atomic E-state index is 13.1. The molecule has 3 amide bonds. The van der Waals surface area contributed by atoms with Gasteiger partial charge in [-0.3, -0.25) is 24.6 Å². The van der Waals surface area contributed by atoms with Crippen molar-refractivity contribution in [2.24, 2.45) is 0 Å². The van der Waals surface area contributed by atoms with Crippen LogP contribution in [0.5, 0.6) is 0 Å². The second-order valence-corrected chi connectivity index (χ2v) is 9.37. The summed E-state index contributed by atoms with van der Waals surface area (Å²) in [7, 11) is 0. The molecule has 4 aliphatic heterocycles. The summed E-state index contributed by atoms with van der Waals surface area (Å²) < 4.78 is 6.39. The van der Waals surface area contributed by atoms with Crippen molar-refractivity contribution in [2.75, 3.05) is 26.2 Å². The average molecular weight is 427 g/mol. The van der Waals surface area contributed by atoms with Gasteiger partial charge in [0.25, 0.3) is 5.91 Å². The molecule has 5 rings (SSSR count). The number of amides is 3. The molecule has 166 valence electrons. The van der Waals surface area contributed by atoms with Crippen molar-refractivity contribution in [3.05, 3.63) is 34.9 Å². The summed E-state index contributed by atoms with van der Waals surface area (Å²) >= 11 is 0. The van der Waals surface area contributed by atoms with Crippen molar-refractivity contribution < 1.29 is 19.1 Å². The molecule has 0 aliphatic carbocycles. The third kappa shape index (κ3) is 3.88. The Morgan fingerprint density at radius 1 is 1.19 bits per heavy atom. The molecule has 3 fully saturated rings. The number of hydrogen-bond acceptors (Lipinski definition) is 6. The van der Waals surface area contributed by atoms with E-state index in [1.54, 1.807) is 4.90 Å². The van der Waals surface area contributed by atoms with E-state index in [1.807, 2.05) is 12.1 Å². The van der Waals surface area contributed by atoms with Crippen LogP contribution in [0.4, 0.5) is 0 Å². The predicted octanol–water partition coefficient (Wildman–Crippen LogP) is 0.791. The van der Waals surface area contributed by atoms with Crippen LogP contribution in [-0.2, 0) is 27.4 Å². The third-order valence-corrected chi connectivity index (χ3v) is 7.07. The molecular formula is C23H30N4O4. The number of hydrogen-bond donors (Lipinski definition) is 2. The number of carbonyl (C=O) groups excluding carboxylic acids is 3. The molecule has 2 atom stereocenters. The molecular weight excluding hydrogens is 396 g/mol. The summed E-state index contributed by atoms with van der Waals surface area (Å²) in [5.74, 6) is -0.746. The van der Waals surface area contributed by atoms with Gasteiger partial charge in [-0.2, -0.15) is 0 Å². The number of nitrogens with zero attached hydrogens (tertiary/aromatic N) is 2. The molecule has 1 spiro atoms. The van der Waals surface area contributed by atoms with Crippen LogP contribution in [0.2, 0.25) is 0 Å². The van der Waals surface area contributed by atoms with Gasteiger partial charge >= 0.3 is 0 Å². The molecule has 0 bridgehead atoms. The molecule has 4 aliphatic rings. The van der Waals surface area contributed by atoms with Crippen molar-refractivity contribution in [1.29, 1.82) is 0 Å². The van der Waals surface area contributed by atoms with E-state index < -0.39 is 6.04 Å². The van der Waals surface area contributed by atoms with Crippen LogP contribution in [0.3, 0.4) is 0 Å². The summed E-state index contributed by atoms with van der Waals surface area (Å²) in [5, 5.41) is 5.79. The molecule has 8 nitrogen and oxygen atoms in total. The zero-order valence-corrected chi connectivity index (χ0v) is 18.0. The van der Waals surface area contributed by atoms with Crippen LogP contribution in [-0.4, -0.2) is 71.4 Å². The minimum atomic E-state index is -0.577. The maximum Gasteiger partial charge on any atom is 0.255 e. The van der Waals surface area contributed by atoms with Gasteiger partial charge in [0, 0.05) is 38.2 Å². The number of imide groups is 1. The lowest BCUT2D eigenvalue weighted by molar-refractivity contribution is -0.162. The van der Waals surface area contributed by atoms with Gasteiger partial charge in [0.1, 0.15) is 6.04 Å². The molecule has 8 heteroatoms. The standard InChI is InChI=1S/C23H30N4O4/c1-15-11-26(14-23(31-15)7-9-24-10-8-23)12-16-3-2-4-17-18(16)13-27(22(17)30)19-5-6-20(28)25-21(19)29/h2-4,15,19,24H,5-14H2,1H3,(H,25,28,29). The van der Waals surface area contributed by atoms with Crippen LogP contribution in [0, 0.1) is 0 Å². The van der Waals surface area contributed by atoms with Gasteiger partial charge in [0.05, 0.1) is 11.7 Å². The molecule has 2 unspecified atom stereocenters. The fourth-order valence-electron chi connectivity index (χ4n) is 5.65. The molecule has 3 saturated heterocycles. The van der Waals surface area contributed by atoms with Crippen LogP contribution >= 0.6 is 0 Å². The predicted molar refractivity (Wildman–Crippen MR) is 113 cm³/mol. The van der Waals surface area contributed by atoms with Crippen molar-refractivity contribution >= 4 is 17.7 Å². The lowest BCUT2D eigenvalue weighted by atomic mass is 9.89. The van der Waals surface area contributed by atoms with Gasteiger partial charge in [-0.1, -0.05) is 12.1 Å². The monoisotopic (exact) mass is 426 g/mol. The fourth-order valence-corrected chi connectivity index (χ4v) is 5.65. The van der Waals surface area contributed by atoms with Crippen molar-refractivity contribution in [3.63, 3.8) is 0 Å². The summed E-state index contributed by atoms with van der Waals surface area (Å²) in [4.78, 5) is 41.0. The summed E-state index contributed by atoms with van der Waals surface area (Å²) in [5.41, 5.74) is 2.74. The van der Waals surface area contributed by atoms with E-state index in [-0.39, 0.29) is 35.8 Å². The Kier molecular flexibility index (Phi) is 5.32. The number of nitrogens with one attached hydrogen (secondary N) is 2. The smallest absolute Gasteiger partial charge is 0.255 e. The highest BCUT2D eigenvalue weighted by Crippen LogP contribution is 2.33. The molecule has 4 heterocycles. The fraction of sp³-hybridized carbons (Fsp3) is 0.609. The molecule has 31 heavy (non-hydrogen) atoms. The molecule has 1 aromatic rings. The van der Waals surface area contributed by atoms with Crippen LogP contribution in [0.15, 0.2) is 18.2 Å². The van der Waals surface area contributed by atoms with E-state index in [0.717, 1.165) is 56.7 Å². The minimum absolute atomic E-state index is 0.0878. The van der Waals surface area contributed by atoms with Gasteiger partial charge in [0.15, 0.2) is 0 Å². The number of carbonyl (C=O) groups is 3. The Bertz CT molecular complexity index is 911. The Morgan fingerprint density at radius 2 is 2.00 bits per heavy atom. The molecule has 2 N–H and O–H groups in total. The lowest BCUT2D eigenvalue weighted by Gasteiger charge is -2.48. The van der Waals surface area contributed by atoms with E-state index in [2.05, 4.69) is 28.5 Å². The summed E-state index contributed by atoms with van der Waals surface area (Å²) in [6, 6.07) is 5.30. The number of piperidine rings is 2. The quantitative estimate of drug-likeness (QED) is 0.695. The van der Waals surface area contributed by atoms with Gasteiger partial charge < -0.3 is 15.0 Å². The topological polar surface area (TPSA) is 91.0 Å². The first kappa shape index (κ1) is 20.6. The highest BCUT2D eigenvalue weighted by molar-refractivity contribution is 6.05. The van der Waals surface area contributed by atoms with Crippen molar-refractivity contribution in [3.8, 4) is 0 Å². The Hall–Kier alpha value is -2.29. The van der Waals surface area contributed by atoms with Crippen LogP contribution in [0.1, 0.15) is 54.1 Å². The van der Waals surface area contributed by atoms with Gasteiger partial charge in [-0.25, -0.2) is 0 Å². The van der Waals surface area contributed by atoms with E-state index in [1.165, 1.54) is 0 Å². The zero-order chi connectivity index (χ0) is 21.6. The average Bonchev–Trinajstić information content (AvgIpc) is 3.05. The Morgan fingerprint density at radius 3 is 2.77 bits per heavy atom. The lowest BCUT2D eigenvalue weighted by Crippen LogP contribution is -2.58. The van der Waals surface area contributed by atoms with Crippen LogP contribution in [0.25, 0.3) is 0 Å². The normalized spacial score (nSPS) is 28.7. The summed E-state index contributed by atoms with van der Waals surface area (Å²) in [6.07, 6.45) is 2.86. The maximum atomic E-state index is 13.1. The number of ether oxygens (including phenoxy) is 1. The van der Waals surface area contributed by atoms with E-state index in [9.17, 15) is 14.4 Å². The highest BCUT2D eigenvalue weighted by Gasteiger charge is 2.42. The third-order valence-electron chi connectivity index (χ3n) is 7.07. The second-order valence-electron chi connectivity index (χ2n) is 9.37. The van der Waals surface area contributed by atoms with E-state index in [4.69, 9.17) is 4.74 Å². The number of benzene rings is 1. The van der Waals surface area contributed by atoms with Gasteiger partial charge in [-0.15, -0.1) is 0 Å². The minimum Gasteiger partial charge on any atom is -0.369 e. The Balaban J connectivity index is 1.35. The second kappa shape index (κ2) is 8.00.